The molecule has 88 valence electrons. The molecule has 1 atom stereocenters. The summed E-state index contributed by atoms with van der Waals surface area (Å²) < 4.78 is 11.1. The largest absolute Gasteiger partial charge is 0.508 e. The van der Waals surface area contributed by atoms with Crippen LogP contribution in [0.3, 0.4) is 0 Å². The minimum Gasteiger partial charge on any atom is -0.508 e. The monoisotopic (exact) mass is 223 g/mol. The van der Waals surface area contributed by atoms with Crippen molar-refractivity contribution in [1.82, 2.24) is 0 Å². The van der Waals surface area contributed by atoms with Crippen molar-refractivity contribution in [2.45, 2.75) is 19.3 Å². The number of nitrogens with two attached hydrogens (primary N) is 1. The number of fused-ring (bicyclic) bond motifs is 1. The summed E-state index contributed by atoms with van der Waals surface area (Å²) in [6.07, 6.45) is 0.813. The van der Waals surface area contributed by atoms with Crippen LogP contribution < -0.4 is 15.2 Å². The Morgan fingerprint density at radius 3 is 2.88 bits per heavy atom. The Kier molecular flexibility index (Phi) is 3.19. The summed E-state index contributed by atoms with van der Waals surface area (Å²) in [6.45, 7) is 3.70. The highest BCUT2D eigenvalue weighted by Crippen LogP contribution is 2.43. The number of benzene rings is 1. The standard InChI is InChI=1S/C12H17NO3/c1-8(4-5-13)11-9(14)2-3-10-12(11)16-7-6-15-10/h2-3,8,14H,4-7,13H2,1H3. The van der Waals surface area contributed by atoms with E-state index in [1.807, 2.05) is 6.92 Å². The second-order valence-electron chi connectivity index (χ2n) is 4.00. The highest BCUT2D eigenvalue weighted by atomic mass is 16.6. The van der Waals surface area contributed by atoms with Gasteiger partial charge in [-0.15, -0.1) is 0 Å². The quantitative estimate of drug-likeness (QED) is 0.817. The van der Waals surface area contributed by atoms with Crippen molar-refractivity contribution in [2.24, 2.45) is 5.73 Å². The van der Waals surface area contributed by atoms with Crippen molar-refractivity contribution >= 4 is 0 Å². The average Bonchev–Trinajstić information content (AvgIpc) is 2.29. The fourth-order valence-electron chi connectivity index (χ4n) is 2.00. The zero-order valence-corrected chi connectivity index (χ0v) is 9.40. The van der Waals surface area contributed by atoms with E-state index < -0.39 is 0 Å². The molecule has 1 heterocycles. The number of rotatable bonds is 3. The molecule has 1 aliphatic heterocycles. The maximum Gasteiger partial charge on any atom is 0.168 e. The fourth-order valence-corrected chi connectivity index (χ4v) is 2.00. The predicted octanol–water partition coefficient (Wildman–Crippen LogP) is 1.62. The summed E-state index contributed by atoms with van der Waals surface area (Å²) in [4.78, 5) is 0. The molecule has 0 saturated carbocycles. The summed E-state index contributed by atoms with van der Waals surface area (Å²) >= 11 is 0. The molecular weight excluding hydrogens is 206 g/mol. The molecular formula is C12H17NO3. The first kappa shape index (κ1) is 11.1. The van der Waals surface area contributed by atoms with E-state index in [2.05, 4.69) is 0 Å². The molecule has 16 heavy (non-hydrogen) atoms. The van der Waals surface area contributed by atoms with E-state index in [1.165, 1.54) is 0 Å². The lowest BCUT2D eigenvalue weighted by Crippen LogP contribution is -2.17. The SMILES string of the molecule is CC(CCN)c1c(O)ccc2c1OCCO2. The van der Waals surface area contributed by atoms with Crippen molar-refractivity contribution in [2.75, 3.05) is 19.8 Å². The van der Waals surface area contributed by atoms with Crippen LogP contribution in [0.25, 0.3) is 0 Å². The van der Waals surface area contributed by atoms with Crippen molar-refractivity contribution in [3.63, 3.8) is 0 Å². The number of ether oxygens (including phenoxy) is 2. The maximum absolute atomic E-state index is 9.89. The average molecular weight is 223 g/mol. The third kappa shape index (κ3) is 1.93. The van der Waals surface area contributed by atoms with Crippen LogP contribution in [0.4, 0.5) is 0 Å². The normalized spacial score (nSPS) is 15.9. The van der Waals surface area contributed by atoms with Crippen LogP contribution in [-0.2, 0) is 0 Å². The first-order chi connectivity index (χ1) is 7.74. The zero-order chi connectivity index (χ0) is 11.5. The number of aromatic hydroxyl groups is 1. The lowest BCUT2D eigenvalue weighted by Gasteiger charge is -2.24. The zero-order valence-electron chi connectivity index (χ0n) is 9.40. The van der Waals surface area contributed by atoms with Crippen LogP contribution >= 0.6 is 0 Å². The summed E-state index contributed by atoms with van der Waals surface area (Å²) in [5, 5.41) is 9.89. The molecule has 0 bridgehead atoms. The van der Waals surface area contributed by atoms with Crippen molar-refractivity contribution in [1.29, 1.82) is 0 Å². The van der Waals surface area contributed by atoms with Crippen molar-refractivity contribution in [3.8, 4) is 17.2 Å². The Morgan fingerprint density at radius 1 is 1.38 bits per heavy atom. The van der Waals surface area contributed by atoms with Crippen molar-refractivity contribution < 1.29 is 14.6 Å². The van der Waals surface area contributed by atoms with E-state index in [1.54, 1.807) is 12.1 Å². The second kappa shape index (κ2) is 4.61. The van der Waals surface area contributed by atoms with Gasteiger partial charge in [-0.05, 0) is 31.0 Å². The third-order valence-corrected chi connectivity index (χ3v) is 2.82. The summed E-state index contributed by atoms with van der Waals surface area (Å²) in [5.41, 5.74) is 6.35. The van der Waals surface area contributed by atoms with Crippen LogP contribution in [0.5, 0.6) is 17.2 Å². The van der Waals surface area contributed by atoms with Crippen LogP contribution in [-0.4, -0.2) is 24.9 Å². The van der Waals surface area contributed by atoms with E-state index in [-0.39, 0.29) is 11.7 Å². The molecule has 1 aromatic carbocycles. The van der Waals surface area contributed by atoms with Crippen LogP contribution in [0.2, 0.25) is 0 Å². The molecule has 1 aromatic rings. The molecule has 0 aromatic heterocycles. The summed E-state index contributed by atoms with van der Waals surface area (Å²) in [6, 6.07) is 3.39. The van der Waals surface area contributed by atoms with Gasteiger partial charge in [0.15, 0.2) is 11.5 Å². The Balaban J connectivity index is 2.41. The minimum absolute atomic E-state index is 0.168. The molecule has 0 amide bonds. The lowest BCUT2D eigenvalue weighted by molar-refractivity contribution is 0.168. The Hall–Kier alpha value is -1.42. The van der Waals surface area contributed by atoms with Gasteiger partial charge < -0.3 is 20.3 Å². The van der Waals surface area contributed by atoms with Crippen LogP contribution in [0, 0.1) is 0 Å². The fraction of sp³-hybridized carbons (Fsp3) is 0.500. The van der Waals surface area contributed by atoms with Gasteiger partial charge in [-0.1, -0.05) is 6.92 Å². The molecule has 0 aliphatic carbocycles. The first-order valence-electron chi connectivity index (χ1n) is 5.55. The highest BCUT2D eigenvalue weighted by Gasteiger charge is 2.22. The maximum atomic E-state index is 9.89. The third-order valence-electron chi connectivity index (χ3n) is 2.82. The molecule has 0 fully saturated rings. The van der Waals surface area contributed by atoms with Crippen LogP contribution in [0.1, 0.15) is 24.8 Å². The number of phenolic OH excluding ortho intramolecular Hbond substituents is 1. The molecule has 1 aliphatic rings. The topological polar surface area (TPSA) is 64.7 Å². The first-order valence-corrected chi connectivity index (χ1v) is 5.55. The molecule has 2 rings (SSSR count). The van der Waals surface area contributed by atoms with Gasteiger partial charge in [0, 0.05) is 5.56 Å². The number of hydrogen-bond acceptors (Lipinski definition) is 4. The smallest absolute Gasteiger partial charge is 0.168 e. The van der Waals surface area contributed by atoms with Gasteiger partial charge in [0.05, 0.1) is 0 Å². The number of phenols is 1. The van der Waals surface area contributed by atoms with E-state index in [0.29, 0.717) is 31.3 Å². The van der Waals surface area contributed by atoms with Gasteiger partial charge in [-0.3, -0.25) is 0 Å². The van der Waals surface area contributed by atoms with E-state index in [9.17, 15) is 5.11 Å². The van der Waals surface area contributed by atoms with E-state index in [4.69, 9.17) is 15.2 Å². The van der Waals surface area contributed by atoms with Gasteiger partial charge >= 0.3 is 0 Å². The lowest BCUT2D eigenvalue weighted by atomic mass is 9.95. The van der Waals surface area contributed by atoms with Gasteiger partial charge in [-0.2, -0.15) is 0 Å². The van der Waals surface area contributed by atoms with Gasteiger partial charge in [0.2, 0.25) is 0 Å². The molecule has 0 spiro atoms. The Morgan fingerprint density at radius 2 is 2.12 bits per heavy atom. The van der Waals surface area contributed by atoms with Gasteiger partial charge in [0.25, 0.3) is 0 Å². The number of hydrogen-bond donors (Lipinski definition) is 2. The summed E-state index contributed by atoms with van der Waals surface area (Å²) in [5.74, 6) is 1.81. The van der Waals surface area contributed by atoms with E-state index in [0.717, 1.165) is 12.0 Å². The van der Waals surface area contributed by atoms with Crippen molar-refractivity contribution in [3.05, 3.63) is 17.7 Å². The van der Waals surface area contributed by atoms with Gasteiger partial charge in [0.1, 0.15) is 19.0 Å². The summed E-state index contributed by atoms with van der Waals surface area (Å²) in [7, 11) is 0. The van der Waals surface area contributed by atoms with Crippen LogP contribution in [0.15, 0.2) is 12.1 Å². The molecule has 4 nitrogen and oxygen atoms in total. The molecule has 3 N–H and O–H groups in total. The Bertz CT molecular complexity index is 379. The molecule has 1 unspecified atom stereocenters. The molecule has 4 heteroatoms. The highest BCUT2D eigenvalue weighted by molar-refractivity contribution is 5.55. The minimum atomic E-state index is 0.168. The molecule has 0 radical (unpaired) electrons. The predicted molar refractivity (Wildman–Crippen MR) is 61.2 cm³/mol. The van der Waals surface area contributed by atoms with Gasteiger partial charge in [-0.25, -0.2) is 0 Å². The molecule has 0 saturated heterocycles. The van der Waals surface area contributed by atoms with E-state index >= 15 is 0 Å². The Labute approximate surface area is 95.0 Å². The second-order valence-corrected chi connectivity index (χ2v) is 4.00.